The summed E-state index contributed by atoms with van der Waals surface area (Å²) in [6.45, 7) is 6.64. The van der Waals surface area contributed by atoms with Crippen molar-refractivity contribution in [2.24, 2.45) is 0 Å². The van der Waals surface area contributed by atoms with Crippen molar-refractivity contribution in [3.8, 4) is 0 Å². The van der Waals surface area contributed by atoms with Crippen LogP contribution in [0.1, 0.15) is 50.0 Å². The van der Waals surface area contributed by atoms with Gasteiger partial charge in [-0.25, -0.2) is 0 Å². The van der Waals surface area contributed by atoms with Gasteiger partial charge in [0.2, 0.25) is 0 Å². The molecule has 1 aromatic heterocycles. The number of aryl methyl sites for hydroxylation is 2. The first kappa shape index (κ1) is 14.1. The minimum atomic E-state index is -0.788. The molecule has 0 aromatic carbocycles. The molecule has 0 radical (unpaired) electrons. The van der Waals surface area contributed by atoms with Crippen molar-refractivity contribution >= 4 is 5.97 Å². The lowest BCUT2D eigenvalue weighted by molar-refractivity contribution is -0.147. The maximum Gasteiger partial charge on any atom is 0.323 e. The van der Waals surface area contributed by atoms with Gasteiger partial charge in [-0.2, -0.15) is 5.10 Å². The number of aromatic nitrogens is 2. The van der Waals surface area contributed by atoms with Gasteiger partial charge in [0.05, 0.1) is 11.7 Å². The van der Waals surface area contributed by atoms with Crippen LogP contribution in [0, 0.1) is 13.8 Å². The predicted octanol–water partition coefficient (Wildman–Crippen LogP) is 2.05. The summed E-state index contributed by atoms with van der Waals surface area (Å²) < 4.78 is 2.00. The fourth-order valence-electron chi connectivity index (χ4n) is 3.24. The number of rotatable bonds is 4. The highest BCUT2D eigenvalue weighted by Crippen LogP contribution is 2.36. The monoisotopic (exact) mass is 265 g/mol. The molecule has 1 aliphatic rings. The fraction of sp³-hybridized carbons (Fsp3) is 0.714. The van der Waals surface area contributed by atoms with Crippen LogP contribution in [0.3, 0.4) is 0 Å². The Bertz CT molecular complexity index is 465. The highest BCUT2D eigenvalue weighted by molar-refractivity contribution is 5.79. The van der Waals surface area contributed by atoms with E-state index in [9.17, 15) is 9.90 Å². The molecule has 1 aromatic rings. The summed E-state index contributed by atoms with van der Waals surface area (Å²) in [5.74, 6) is -0.736. The van der Waals surface area contributed by atoms with E-state index in [1.165, 1.54) is 0 Å². The highest BCUT2D eigenvalue weighted by Gasteiger charge is 2.43. The van der Waals surface area contributed by atoms with Gasteiger partial charge in [-0.05, 0) is 52.1 Å². The molecular formula is C14H23N3O2. The molecular weight excluding hydrogens is 242 g/mol. The maximum absolute atomic E-state index is 11.6. The van der Waals surface area contributed by atoms with Gasteiger partial charge in [0.15, 0.2) is 0 Å². The van der Waals surface area contributed by atoms with Gasteiger partial charge in [-0.15, -0.1) is 0 Å². The van der Waals surface area contributed by atoms with E-state index < -0.39 is 11.5 Å². The lowest BCUT2D eigenvalue weighted by Gasteiger charge is -2.38. The van der Waals surface area contributed by atoms with Crippen LogP contribution in [0.15, 0.2) is 6.07 Å². The Kier molecular flexibility index (Phi) is 3.94. The van der Waals surface area contributed by atoms with Crippen molar-refractivity contribution in [3.05, 3.63) is 17.5 Å². The third kappa shape index (κ3) is 2.66. The SMILES string of the molecule is CCNC1(C(=O)O)CCCC(n2nc(C)cc2C)C1. The minimum Gasteiger partial charge on any atom is -0.480 e. The zero-order valence-electron chi connectivity index (χ0n) is 11.9. The van der Waals surface area contributed by atoms with Crippen LogP contribution in [-0.2, 0) is 4.79 Å². The van der Waals surface area contributed by atoms with Gasteiger partial charge in [-0.3, -0.25) is 9.48 Å². The van der Waals surface area contributed by atoms with Gasteiger partial charge >= 0.3 is 5.97 Å². The average molecular weight is 265 g/mol. The van der Waals surface area contributed by atoms with Crippen molar-refractivity contribution < 1.29 is 9.90 Å². The van der Waals surface area contributed by atoms with E-state index in [2.05, 4.69) is 10.4 Å². The van der Waals surface area contributed by atoms with Gasteiger partial charge in [0.1, 0.15) is 5.54 Å². The molecule has 0 spiro atoms. The van der Waals surface area contributed by atoms with E-state index in [0.717, 1.165) is 24.2 Å². The number of carbonyl (C=O) groups is 1. The molecule has 0 bridgehead atoms. The van der Waals surface area contributed by atoms with Crippen LogP contribution in [0.25, 0.3) is 0 Å². The first-order chi connectivity index (χ1) is 8.98. The van der Waals surface area contributed by atoms with Crippen LogP contribution < -0.4 is 5.32 Å². The largest absolute Gasteiger partial charge is 0.480 e. The Labute approximate surface area is 114 Å². The summed E-state index contributed by atoms with van der Waals surface area (Å²) in [6, 6.07) is 2.22. The first-order valence-corrected chi connectivity index (χ1v) is 6.99. The Hall–Kier alpha value is -1.36. The lowest BCUT2D eigenvalue weighted by Crippen LogP contribution is -2.55. The topological polar surface area (TPSA) is 67.2 Å². The molecule has 0 amide bonds. The highest BCUT2D eigenvalue weighted by atomic mass is 16.4. The summed E-state index contributed by atoms with van der Waals surface area (Å²) in [7, 11) is 0. The van der Waals surface area contributed by atoms with Crippen molar-refractivity contribution in [1.29, 1.82) is 0 Å². The molecule has 2 N–H and O–H groups in total. The van der Waals surface area contributed by atoms with Crippen LogP contribution in [0.4, 0.5) is 0 Å². The van der Waals surface area contributed by atoms with E-state index in [4.69, 9.17) is 0 Å². The molecule has 5 heteroatoms. The molecule has 2 unspecified atom stereocenters. The minimum absolute atomic E-state index is 0.178. The molecule has 0 saturated heterocycles. The summed E-state index contributed by atoms with van der Waals surface area (Å²) in [5.41, 5.74) is 1.32. The van der Waals surface area contributed by atoms with Crippen LogP contribution in [0.2, 0.25) is 0 Å². The summed E-state index contributed by atoms with van der Waals surface area (Å²) >= 11 is 0. The molecule has 2 atom stereocenters. The van der Waals surface area contributed by atoms with Crippen LogP contribution in [0.5, 0.6) is 0 Å². The maximum atomic E-state index is 11.6. The Morgan fingerprint density at radius 3 is 2.89 bits per heavy atom. The zero-order valence-corrected chi connectivity index (χ0v) is 11.9. The number of carboxylic acids is 1. The van der Waals surface area contributed by atoms with E-state index in [1.807, 2.05) is 31.5 Å². The Balaban J connectivity index is 2.25. The number of nitrogens with zero attached hydrogens (tertiary/aromatic N) is 2. The number of hydrogen-bond acceptors (Lipinski definition) is 3. The van der Waals surface area contributed by atoms with Gasteiger partial charge in [-0.1, -0.05) is 6.92 Å². The van der Waals surface area contributed by atoms with Crippen LogP contribution in [-0.4, -0.2) is 32.9 Å². The lowest BCUT2D eigenvalue weighted by atomic mass is 9.79. The third-order valence-electron chi connectivity index (χ3n) is 4.04. The summed E-state index contributed by atoms with van der Waals surface area (Å²) in [6.07, 6.45) is 3.23. The molecule has 5 nitrogen and oxygen atoms in total. The number of nitrogens with one attached hydrogen (secondary N) is 1. The summed E-state index contributed by atoms with van der Waals surface area (Å²) in [4.78, 5) is 11.6. The summed E-state index contributed by atoms with van der Waals surface area (Å²) in [5, 5.41) is 17.3. The number of hydrogen-bond donors (Lipinski definition) is 2. The number of likely N-dealkylation sites (N-methyl/N-ethyl adjacent to an activating group) is 1. The van der Waals surface area contributed by atoms with Gasteiger partial charge in [0, 0.05) is 5.69 Å². The van der Waals surface area contributed by atoms with Crippen molar-refractivity contribution in [1.82, 2.24) is 15.1 Å². The Morgan fingerprint density at radius 1 is 1.63 bits per heavy atom. The first-order valence-electron chi connectivity index (χ1n) is 6.99. The van der Waals surface area contributed by atoms with Crippen molar-refractivity contribution in [2.45, 2.75) is 58.0 Å². The van der Waals surface area contributed by atoms with E-state index >= 15 is 0 Å². The second kappa shape index (κ2) is 5.33. The molecule has 106 valence electrons. The van der Waals surface area contributed by atoms with Crippen molar-refractivity contribution in [3.63, 3.8) is 0 Å². The molecule has 1 fully saturated rings. The van der Waals surface area contributed by atoms with Crippen LogP contribution >= 0.6 is 0 Å². The smallest absolute Gasteiger partial charge is 0.323 e. The second-order valence-electron chi connectivity index (χ2n) is 5.54. The molecule has 1 heterocycles. The molecule has 1 saturated carbocycles. The Morgan fingerprint density at radius 2 is 2.37 bits per heavy atom. The number of carboxylic acid groups (broad SMARTS) is 1. The molecule has 19 heavy (non-hydrogen) atoms. The van der Waals surface area contributed by atoms with E-state index in [-0.39, 0.29) is 6.04 Å². The zero-order chi connectivity index (χ0) is 14.0. The van der Waals surface area contributed by atoms with E-state index in [1.54, 1.807) is 0 Å². The third-order valence-corrected chi connectivity index (χ3v) is 4.04. The average Bonchev–Trinajstić information content (AvgIpc) is 2.69. The van der Waals surface area contributed by atoms with E-state index in [0.29, 0.717) is 19.4 Å². The normalized spacial score (nSPS) is 27.4. The quantitative estimate of drug-likeness (QED) is 0.874. The molecule has 0 aliphatic heterocycles. The van der Waals surface area contributed by atoms with Crippen molar-refractivity contribution in [2.75, 3.05) is 6.54 Å². The van der Waals surface area contributed by atoms with Gasteiger partial charge in [0.25, 0.3) is 0 Å². The second-order valence-corrected chi connectivity index (χ2v) is 5.54. The standard InChI is InChI=1S/C14H23N3O2/c1-4-15-14(13(18)19)7-5-6-12(9-14)17-11(3)8-10(2)16-17/h8,12,15H,4-7,9H2,1-3H3,(H,18,19). The molecule has 2 rings (SSSR count). The van der Waals surface area contributed by atoms with Gasteiger partial charge < -0.3 is 10.4 Å². The molecule has 1 aliphatic carbocycles. The predicted molar refractivity (Wildman–Crippen MR) is 73.2 cm³/mol. The fourth-order valence-corrected chi connectivity index (χ4v) is 3.24. The number of aliphatic carboxylic acids is 1.